The lowest BCUT2D eigenvalue weighted by Gasteiger charge is -2.10. The van der Waals surface area contributed by atoms with E-state index in [9.17, 15) is 0 Å². The number of nitrogens with zero attached hydrogens (tertiary/aromatic N) is 2. The first-order valence-electron chi connectivity index (χ1n) is 10.4. The van der Waals surface area contributed by atoms with Gasteiger partial charge in [0.25, 0.3) is 0 Å². The van der Waals surface area contributed by atoms with E-state index >= 15 is 0 Å². The van der Waals surface area contributed by atoms with Gasteiger partial charge < -0.3 is 9.15 Å². The van der Waals surface area contributed by atoms with E-state index in [1.165, 1.54) is 0 Å². The number of hydrogen-bond acceptors (Lipinski definition) is 3. The molecule has 32 heavy (non-hydrogen) atoms. The molecule has 0 radical (unpaired) electrons. The first-order chi connectivity index (χ1) is 15.8. The SMILES string of the molecule is COc1ccc(-n2c(-c3ccccc3)c(-c3ccccc3)oc2=Nc2ccccc2)cc1. The van der Waals surface area contributed by atoms with Crippen molar-refractivity contribution in [1.29, 1.82) is 0 Å². The lowest BCUT2D eigenvalue weighted by Crippen LogP contribution is -2.15. The summed E-state index contributed by atoms with van der Waals surface area (Å²) in [6.45, 7) is 0. The van der Waals surface area contributed by atoms with Crippen molar-refractivity contribution < 1.29 is 9.15 Å². The lowest BCUT2D eigenvalue weighted by molar-refractivity contribution is 0.414. The summed E-state index contributed by atoms with van der Waals surface area (Å²) in [5, 5.41) is 0. The minimum absolute atomic E-state index is 0.499. The zero-order valence-electron chi connectivity index (χ0n) is 17.7. The van der Waals surface area contributed by atoms with Crippen LogP contribution in [0.4, 0.5) is 5.69 Å². The molecule has 4 heteroatoms. The van der Waals surface area contributed by atoms with Crippen LogP contribution < -0.4 is 10.4 Å². The minimum Gasteiger partial charge on any atom is -0.497 e. The fraction of sp³-hybridized carbons (Fsp3) is 0.0357. The van der Waals surface area contributed by atoms with Crippen LogP contribution in [0.3, 0.4) is 0 Å². The highest BCUT2D eigenvalue weighted by atomic mass is 16.5. The molecule has 1 heterocycles. The summed E-state index contributed by atoms with van der Waals surface area (Å²) >= 11 is 0. The molecule has 4 aromatic carbocycles. The van der Waals surface area contributed by atoms with Crippen molar-refractivity contribution in [3.8, 4) is 34.0 Å². The number of rotatable bonds is 5. The van der Waals surface area contributed by atoms with Gasteiger partial charge in [-0.3, -0.25) is 4.57 Å². The maximum Gasteiger partial charge on any atom is 0.307 e. The van der Waals surface area contributed by atoms with E-state index in [0.717, 1.165) is 39.7 Å². The Kier molecular flexibility index (Phi) is 5.41. The van der Waals surface area contributed by atoms with Crippen LogP contribution in [0.5, 0.6) is 5.75 Å². The minimum atomic E-state index is 0.499. The largest absolute Gasteiger partial charge is 0.497 e. The normalized spacial score (nSPS) is 11.5. The third-order valence-electron chi connectivity index (χ3n) is 5.22. The third-order valence-corrected chi connectivity index (χ3v) is 5.22. The highest BCUT2D eigenvalue weighted by molar-refractivity contribution is 5.78. The molecule has 4 nitrogen and oxygen atoms in total. The van der Waals surface area contributed by atoms with Gasteiger partial charge in [0.2, 0.25) is 0 Å². The second-order valence-electron chi connectivity index (χ2n) is 7.28. The summed E-state index contributed by atoms with van der Waals surface area (Å²) in [5.41, 5.74) is 5.23. The first kappa shape index (κ1) is 19.6. The Morgan fingerprint density at radius 3 is 1.81 bits per heavy atom. The molecule has 0 aliphatic rings. The summed E-state index contributed by atoms with van der Waals surface area (Å²) < 4.78 is 13.9. The average Bonchev–Trinajstić information content (AvgIpc) is 3.25. The molecular formula is C28H22N2O2. The number of aromatic nitrogens is 1. The van der Waals surface area contributed by atoms with Crippen molar-refractivity contribution >= 4 is 5.69 Å². The van der Waals surface area contributed by atoms with Gasteiger partial charge in [-0.15, -0.1) is 0 Å². The van der Waals surface area contributed by atoms with E-state index in [0.29, 0.717) is 5.68 Å². The van der Waals surface area contributed by atoms with E-state index in [1.54, 1.807) is 7.11 Å². The molecule has 0 fully saturated rings. The highest BCUT2D eigenvalue weighted by Crippen LogP contribution is 2.34. The number of oxazole rings is 1. The van der Waals surface area contributed by atoms with Crippen LogP contribution >= 0.6 is 0 Å². The molecule has 1 aromatic heterocycles. The van der Waals surface area contributed by atoms with Crippen molar-refractivity contribution in [3.63, 3.8) is 0 Å². The van der Waals surface area contributed by atoms with Crippen LogP contribution in [0.15, 0.2) is 125 Å². The Hall–Kier alpha value is -4.31. The molecule has 0 unspecified atom stereocenters. The maximum atomic E-state index is 6.47. The van der Waals surface area contributed by atoms with Crippen LogP contribution in [0.1, 0.15) is 0 Å². The Bertz CT molecular complexity index is 1370. The molecule has 5 aromatic rings. The summed E-state index contributed by atoms with van der Waals surface area (Å²) in [4.78, 5) is 4.86. The van der Waals surface area contributed by atoms with Crippen molar-refractivity contribution in [2.75, 3.05) is 7.11 Å². The third kappa shape index (κ3) is 3.86. The number of hydrogen-bond donors (Lipinski definition) is 0. The molecule has 0 bridgehead atoms. The van der Waals surface area contributed by atoms with Gasteiger partial charge in [-0.1, -0.05) is 78.9 Å². The number of benzene rings is 4. The van der Waals surface area contributed by atoms with Gasteiger partial charge in [-0.25, -0.2) is 0 Å². The predicted octanol–water partition coefficient (Wildman–Crippen LogP) is 6.65. The van der Waals surface area contributed by atoms with Gasteiger partial charge >= 0.3 is 5.68 Å². The summed E-state index contributed by atoms with van der Waals surface area (Å²) in [6.07, 6.45) is 0. The van der Waals surface area contributed by atoms with Gasteiger partial charge in [-0.2, -0.15) is 4.99 Å². The van der Waals surface area contributed by atoms with Gasteiger partial charge in [-0.05, 0) is 36.4 Å². The Morgan fingerprint density at radius 1 is 0.656 bits per heavy atom. The van der Waals surface area contributed by atoms with Crippen molar-refractivity contribution in [3.05, 3.63) is 121 Å². The number of methoxy groups -OCH3 is 1. The molecule has 0 amide bonds. The van der Waals surface area contributed by atoms with Crippen molar-refractivity contribution in [1.82, 2.24) is 4.57 Å². The predicted molar refractivity (Wildman–Crippen MR) is 127 cm³/mol. The van der Waals surface area contributed by atoms with E-state index in [4.69, 9.17) is 14.1 Å². The Morgan fingerprint density at radius 2 is 1.22 bits per heavy atom. The molecule has 0 saturated carbocycles. The van der Waals surface area contributed by atoms with E-state index < -0.39 is 0 Å². The van der Waals surface area contributed by atoms with Gasteiger partial charge in [0.15, 0.2) is 5.76 Å². The van der Waals surface area contributed by atoms with E-state index in [2.05, 4.69) is 28.8 Å². The summed E-state index contributed by atoms with van der Waals surface area (Å²) in [7, 11) is 1.67. The smallest absolute Gasteiger partial charge is 0.307 e. The molecule has 0 N–H and O–H groups in total. The van der Waals surface area contributed by atoms with E-state index in [-0.39, 0.29) is 0 Å². The standard InChI is InChI=1S/C28H22N2O2/c1-31-25-19-17-24(18-20-25)30-26(21-11-5-2-6-12-21)27(22-13-7-3-8-14-22)32-28(30)29-23-15-9-4-10-16-23/h2-20H,1H3. The van der Waals surface area contributed by atoms with Gasteiger partial charge in [0, 0.05) is 11.1 Å². The van der Waals surface area contributed by atoms with E-state index in [1.807, 2.05) is 91.0 Å². The average molecular weight is 418 g/mol. The van der Waals surface area contributed by atoms with Crippen LogP contribution in [-0.4, -0.2) is 11.7 Å². The number of para-hydroxylation sites is 1. The topological polar surface area (TPSA) is 39.7 Å². The molecule has 5 rings (SSSR count). The van der Waals surface area contributed by atoms with Gasteiger partial charge in [0.05, 0.1) is 18.5 Å². The van der Waals surface area contributed by atoms with Crippen LogP contribution in [-0.2, 0) is 0 Å². The van der Waals surface area contributed by atoms with Crippen molar-refractivity contribution in [2.45, 2.75) is 0 Å². The monoisotopic (exact) mass is 418 g/mol. The Labute approximate surface area is 186 Å². The first-order valence-corrected chi connectivity index (χ1v) is 10.4. The molecule has 156 valence electrons. The molecular weight excluding hydrogens is 396 g/mol. The van der Waals surface area contributed by atoms with Crippen LogP contribution in [0.25, 0.3) is 28.3 Å². The molecule has 0 atom stereocenters. The summed E-state index contributed by atoms with van der Waals surface area (Å²) in [5.74, 6) is 1.56. The lowest BCUT2D eigenvalue weighted by atomic mass is 10.1. The maximum absolute atomic E-state index is 6.47. The van der Waals surface area contributed by atoms with Crippen molar-refractivity contribution in [2.24, 2.45) is 4.99 Å². The van der Waals surface area contributed by atoms with Crippen LogP contribution in [0, 0.1) is 0 Å². The second-order valence-corrected chi connectivity index (χ2v) is 7.28. The Balaban J connectivity index is 1.86. The van der Waals surface area contributed by atoms with Crippen LogP contribution in [0.2, 0.25) is 0 Å². The zero-order valence-corrected chi connectivity index (χ0v) is 17.7. The fourth-order valence-electron chi connectivity index (χ4n) is 3.68. The second kappa shape index (κ2) is 8.82. The highest BCUT2D eigenvalue weighted by Gasteiger charge is 2.20. The quantitative estimate of drug-likeness (QED) is 0.321. The molecule has 0 aliphatic carbocycles. The zero-order chi connectivity index (χ0) is 21.8. The summed E-state index contributed by atoms with van der Waals surface area (Å²) in [6, 6.07) is 38.1. The molecule has 0 saturated heterocycles. The molecule has 0 spiro atoms. The van der Waals surface area contributed by atoms with Gasteiger partial charge in [0.1, 0.15) is 11.4 Å². The fourth-order valence-corrected chi connectivity index (χ4v) is 3.68. The number of ether oxygens (including phenoxy) is 1. The molecule has 0 aliphatic heterocycles.